The van der Waals surface area contributed by atoms with Crippen LogP contribution in [-0.4, -0.2) is 38.2 Å². The summed E-state index contributed by atoms with van der Waals surface area (Å²) in [6.07, 6.45) is 3.43. The summed E-state index contributed by atoms with van der Waals surface area (Å²) in [7, 11) is 0. The second-order valence-corrected chi connectivity index (χ2v) is 4.32. The lowest BCUT2D eigenvalue weighted by molar-refractivity contribution is -0.116. The summed E-state index contributed by atoms with van der Waals surface area (Å²) in [5, 5.41) is 5.12. The molecule has 0 aromatic heterocycles. The van der Waals surface area contributed by atoms with E-state index in [2.05, 4.69) is 36.9 Å². The van der Waals surface area contributed by atoms with E-state index in [9.17, 15) is 9.59 Å². The molecule has 0 atom stereocenters. The molecule has 0 aliphatic carbocycles. The fraction of sp³-hybridized carbons (Fsp3) is 0.375. The lowest BCUT2D eigenvalue weighted by Gasteiger charge is -2.09. The molecule has 6 nitrogen and oxygen atoms in total. The number of nitrogens with one attached hydrogen (secondary N) is 2. The molecule has 0 fully saturated rings. The fourth-order valence-corrected chi connectivity index (χ4v) is 1.29. The smallest absolute Gasteiger partial charge is 0.247 e. The molecule has 122 valence electrons. The first-order valence-corrected chi connectivity index (χ1v) is 6.87. The monoisotopic (exact) mass is 308 g/mol. The number of carbonyl (C=O) groups is 2. The Kier molecular flexibility index (Phi) is 11.3. The maximum Gasteiger partial charge on any atom is 0.247 e. The van der Waals surface area contributed by atoms with Crippen molar-refractivity contribution in [2.45, 2.75) is 12.8 Å². The minimum absolute atomic E-state index is 0.280. The molecule has 0 saturated carbocycles. The summed E-state index contributed by atoms with van der Waals surface area (Å²) in [5.74, 6) is -0.561. The van der Waals surface area contributed by atoms with Gasteiger partial charge in [0, 0.05) is 24.2 Å². The van der Waals surface area contributed by atoms with E-state index >= 15 is 0 Å². The van der Waals surface area contributed by atoms with Crippen LogP contribution in [0.3, 0.4) is 0 Å². The van der Waals surface area contributed by atoms with Crippen molar-refractivity contribution in [1.29, 1.82) is 0 Å². The van der Waals surface area contributed by atoms with Gasteiger partial charge >= 0.3 is 0 Å². The Bertz CT molecular complexity index is 390. The molecule has 6 heteroatoms. The molecule has 0 rings (SSSR count). The van der Waals surface area contributed by atoms with Crippen molar-refractivity contribution in [2.24, 2.45) is 0 Å². The predicted molar refractivity (Wildman–Crippen MR) is 85.8 cm³/mol. The van der Waals surface area contributed by atoms with Gasteiger partial charge in [0.15, 0.2) is 0 Å². The molecule has 0 aliphatic heterocycles. The van der Waals surface area contributed by atoms with Crippen LogP contribution in [0.2, 0.25) is 0 Å². The average Bonchev–Trinajstić information content (AvgIpc) is 2.49. The van der Waals surface area contributed by atoms with Gasteiger partial charge in [0.2, 0.25) is 11.8 Å². The summed E-state index contributed by atoms with van der Waals surface area (Å²) in [6.45, 7) is 15.9. The second kappa shape index (κ2) is 12.6. The first-order valence-electron chi connectivity index (χ1n) is 6.87. The van der Waals surface area contributed by atoms with Crippen molar-refractivity contribution in [1.82, 2.24) is 10.6 Å². The molecular formula is C16H24N2O4. The fourth-order valence-electron chi connectivity index (χ4n) is 1.29. The SMILES string of the molecule is C=CC(=O)NC(=C)CCOCCOCCC(=C)NC(=O)C=C. The summed E-state index contributed by atoms with van der Waals surface area (Å²) in [4.78, 5) is 22.0. The van der Waals surface area contributed by atoms with Crippen LogP contribution >= 0.6 is 0 Å². The third-order valence-corrected chi connectivity index (χ3v) is 2.44. The molecule has 0 aliphatic rings. The number of hydrogen-bond acceptors (Lipinski definition) is 4. The topological polar surface area (TPSA) is 76.7 Å². The van der Waals surface area contributed by atoms with Gasteiger partial charge in [0.25, 0.3) is 0 Å². The molecule has 0 heterocycles. The summed E-state index contributed by atoms with van der Waals surface area (Å²) in [6, 6.07) is 0. The largest absolute Gasteiger partial charge is 0.379 e. The zero-order valence-corrected chi connectivity index (χ0v) is 12.9. The van der Waals surface area contributed by atoms with Gasteiger partial charge in [-0.1, -0.05) is 26.3 Å². The highest BCUT2D eigenvalue weighted by molar-refractivity contribution is 5.88. The van der Waals surface area contributed by atoms with Crippen LogP contribution in [0.4, 0.5) is 0 Å². The molecule has 0 spiro atoms. The van der Waals surface area contributed by atoms with E-state index in [0.29, 0.717) is 50.7 Å². The molecule has 2 N–H and O–H groups in total. The van der Waals surface area contributed by atoms with Gasteiger partial charge in [0.1, 0.15) is 0 Å². The standard InChI is InChI=1S/C16H24N2O4/c1-5-15(19)17-13(3)7-9-21-11-12-22-10-8-14(4)18-16(20)6-2/h5-6H,1-4,7-12H2,(H,17,19)(H,18,20). The molecule has 0 aromatic carbocycles. The number of hydrogen-bond donors (Lipinski definition) is 2. The zero-order chi connectivity index (χ0) is 16.8. The van der Waals surface area contributed by atoms with E-state index in [1.54, 1.807) is 0 Å². The normalized spacial score (nSPS) is 9.64. The Morgan fingerprint density at radius 1 is 0.773 bits per heavy atom. The Hall–Kier alpha value is -2.18. The van der Waals surface area contributed by atoms with Crippen LogP contribution < -0.4 is 10.6 Å². The van der Waals surface area contributed by atoms with Crippen molar-refractivity contribution in [3.63, 3.8) is 0 Å². The Morgan fingerprint density at radius 3 is 1.45 bits per heavy atom. The van der Waals surface area contributed by atoms with Crippen LogP contribution in [0.15, 0.2) is 49.9 Å². The number of amides is 2. The van der Waals surface area contributed by atoms with Gasteiger partial charge in [-0.05, 0) is 12.2 Å². The average molecular weight is 308 g/mol. The van der Waals surface area contributed by atoms with E-state index in [1.807, 2.05) is 0 Å². The third kappa shape index (κ3) is 11.6. The molecule has 0 aromatic rings. The van der Waals surface area contributed by atoms with Gasteiger partial charge < -0.3 is 20.1 Å². The minimum Gasteiger partial charge on any atom is -0.379 e. The van der Waals surface area contributed by atoms with E-state index in [4.69, 9.17) is 9.47 Å². The first-order chi connectivity index (χ1) is 10.5. The summed E-state index contributed by atoms with van der Waals surface area (Å²) < 4.78 is 10.7. The maximum atomic E-state index is 11.0. The van der Waals surface area contributed by atoms with Gasteiger partial charge in [0.05, 0.1) is 26.4 Å². The zero-order valence-electron chi connectivity index (χ0n) is 12.9. The summed E-state index contributed by atoms with van der Waals surface area (Å²) in [5.41, 5.74) is 1.17. The van der Waals surface area contributed by atoms with E-state index in [1.165, 1.54) is 12.2 Å². The van der Waals surface area contributed by atoms with E-state index in [0.717, 1.165) is 0 Å². The molecular weight excluding hydrogens is 284 g/mol. The van der Waals surface area contributed by atoms with Crippen molar-refractivity contribution in [3.8, 4) is 0 Å². The third-order valence-electron chi connectivity index (χ3n) is 2.44. The van der Waals surface area contributed by atoms with Gasteiger partial charge in [-0.15, -0.1) is 0 Å². The maximum absolute atomic E-state index is 11.0. The molecule has 2 amide bonds. The van der Waals surface area contributed by atoms with Gasteiger partial charge in [-0.2, -0.15) is 0 Å². The number of ether oxygens (including phenoxy) is 2. The van der Waals surface area contributed by atoms with Crippen molar-refractivity contribution >= 4 is 11.8 Å². The highest BCUT2D eigenvalue weighted by Crippen LogP contribution is 1.96. The van der Waals surface area contributed by atoms with Crippen LogP contribution in [0.25, 0.3) is 0 Å². The number of rotatable bonds is 13. The molecule has 0 unspecified atom stereocenters. The Balaban J connectivity index is 3.43. The second-order valence-electron chi connectivity index (χ2n) is 4.32. The lowest BCUT2D eigenvalue weighted by atomic mass is 10.3. The predicted octanol–water partition coefficient (Wildman–Crippen LogP) is 1.43. The first kappa shape index (κ1) is 19.8. The molecule has 0 radical (unpaired) electrons. The molecule has 0 saturated heterocycles. The van der Waals surface area contributed by atoms with E-state index in [-0.39, 0.29) is 11.8 Å². The van der Waals surface area contributed by atoms with Crippen LogP contribution in [0.5, 0.6) is 0 Å². The quantitative estimate of drug-likeness (QED) is 0.399. The highest BCUT2D eigenvalue weighted by Gasteiger charge is 2.00. The summed E-state index contributed by atoms with van der Waals surface area (Å²) >= 11 is 0. The van der Waals surface area contributed by atoms with Crippen LogP contribution in [-0.2, 0) is 19.1 Å². The van der Waals surface area contributed by atoms with Gasteiger partial charge in [-0.3, -0.25) is 9.59 Å². The van der Waals surface area contributed by atoms with E-state index < -0.39 is 0 Å². The Morgan fingerprint density at radius 2 is 1.14 bits per heavy atom. The van der Waals surface area contributed by atoms with Crippen LogP contribution in [0, 0.1) is 0 Å². The van der Waals surface area contributed by atoms with Crippen molar-refractivity contribution < 1.29 is 19.1 Å². The minimum atomic E-state index is -0.280. The van der Waals surface area contributed by atoms with Crippen molar-refractivity contribution in [2.75, 3.05) is 26.4 Å². The van der Waals surface area contributed by atoms with Crippen LogP contribution in [0.1, 0.15) is 12.8 Å². The molecule has 0 bridgehead atoms. The lowest BCUT2D eigenvalue weighted by Crippen LogP contribution is -2.21. The van der Waals surface area contributed by atoms with Crippen molar-refractivity contribution in [3.05, 3.63) is 49.9 Å². The number of carbonyl (C=O) groups excluding carboxylic acids is 2. The van der Waals surface area contributed by atoms with Gasteiger partial charge in [-0.25, -0.2) is 0 Å². The Labute approximate surface area is 131 Å². The molecule has 22 heavy (non-hydrogen) atoms. The highest BCUT2D eigenvalue weighted by atomic mass is 16.5.